The molecule has 1 aromatic carbocycles. The van der Waals surface area contributed by atoms with E-state index < -0.39 is 0 Å². The van der Waals surface area contributed by atoms with Crippen molar-refractivity contribution in [2.75, 3.05) is 11.9 Å². The van der Waals surface area contributed by atoms with Crippen LogP contribution in [0, 0.1) is 0 Å². The van der Waals surface area contributed by atoms with Gasteiger partial charge >= 0.3 is 0 Å². The van der Waals surface area contributed by atoms with E-state index in [1.165, 1.54) is 31.4 Å². The van der Waals surface area contributed by atoms with Gasteiger partial charge in [-0.2, -0.15) is 0 Å². The largest absolute Gasteiger partial charge is 0.340 e. The molecule has 1 saturated heterocycles. The van der Waals surface area contributed by atoms with Crippen LogP contribution in [0.3, 0.4) is 0 Å². The van der Waals surface area contributed by atoms with E-state index in [-0.39, 0.29) is 0 Å². The third-order valence-electron chi connectivity index (χ3n) is 4.44. The summed E-state index contributed by atoms with van der Waals surface area (Å²) < 4.78 is 0. The van der Waals surface area contributed by atoms with Crippen LogP contribution in [-0.4, -0.2) is 22.5 Å². The van der Waals surface area contributed by atoms with E-state index in [1.807, 2.05) is 24.4 Å². The Kier molecular flexibility index (Phi) is 4.74. The van der Waals surface area contributed by atoms with Gasteiger partial charge in [0.2, 0.25) is 0 Å². The number of likely N-dealkylation sites (tertiary alicyclic amines) is 1. The molecule has 1 aliphatic heterocycles. The number of benzene rings is 1. The van der Waals surface area contributed by atoms with Crippen LogP contribution in [0.15, 0.2) is 48.7 Å². The lowest BCUT2D eigenvalue weighted by atomic mass is 9.94. The molecule has 1 fully saturated rings. The molecule has 3 rings (SSSR count). The van der Waals surface area contributed by atoms with Gasteiger partial charge in [-0.3, -0.25) is 4.90 Å². The van der Waals surface area contributed by atoms with Gasteiger partial charge in [0.15, 0.2) is 0 Å². The second-order valence-electron chi connectivity index (χ2n) is 6.28. The first-order valence-electron chi connectivity index (χ1n) is 8.28. The SMILES string of the molecule is CC(C)N1CCCCC1c1cccnc1Nc1ccccc1. The predicted octanol–water partition coefficient (Wildman–Crippen LogP) is 4.76. The molecule has 1 N–H and O–H groups in total. The minimum Gasteiger partial charge on any atom is -0.340 e. The van der Waals surface area contributed by atoms with Crippen LogP contribution in [-0.2, 0) is 0 Å². The van der Waals surface area contributed by atoms with Crippen molar-refractivity contribution in [1.29, 1.82) is 0 Å². The number of nitrogens with one attached hydrogen (secondary N) is 1. The summed E-state index contributed by atoms with van der Waals surface area (Å²) in [6.45, 7) is 5.76. The number of hydrogen-bond acceptors (Lipinski definition) is 3. The van der Waals surface area contributed by atoms with Gasteiger partial charge in [0, 0.05) is 29.5 Å². The molecule has 0 saturated carbocycles. The molecule has 0 spiro atoms. The summed E-state index contributed by atoms with van der Waals surface area (Å²) in [6, 6.07) is 15.6. The molecule has 3 nitrogen and oxygen atoms in total. The zero-order valence-electron chi connectivity index (χ0n) is 13.5. The molecule has 22 heavy (non-hydrogen) atoms. The van der Waals surface area contributed by atoms with Gasteiger partial charge in [0.1, 0.15) is 5.82 Å². The third-order valence-corrected chi connectivity index (χ3v) is 4.44. The Morgan fingerprint density at radius 2 is 1.91 bits per heavy atom. The second kappa shape index (κ2) is 6.93. The monoisotopic (exact) mass is 295 g/mol. The van der Waals surface area contributed by atoms with E-state index in [9.17, 15) is 0 Å². The smallest absolute Gasteiger partial charge is 0.135 e. The van der Waals surface area contributed by atoms with Gasteiger partial charge in [-0.15, -0.1) is 0 Å². The lowest BCUT2D eigenvalue weighted by Gasteiger charge is -2.39. The summed E-state index contributed by atoms with van der Waals surface area (Å²) in [5.74, 6) is 0.992. The van der Waals surface area contributed by atoms with Gasteiger partial charge in [-0.1, -0.05) is 30.7 Å². The first-order chi connectivity index (χ1) is 10.8. The van der Waals surface area contributed by atoms with Crippen LogP contribution < -0.4 is 5.32 Å². The first-order valence-corrected chi connectivity index (χ1v) is 8.28. The number of aromatic nitrogens is 1. The molecule has 3 heteroatoms. The second-order valence-corrected chi connectivity index (χ2v) is 6.28. The van der Waals surface area contributed by atoms with Crippen molar-refractivity contribution >= 4 is 11.5 Å². The van der Waals surface area contributed by atoms with Gasteiger partial charge in [0.25, 0.3) is 0 Å². The van der Waals surface area contributed by atoms with E-state index in [1.54, 1.807) is 0 Å². The number of pyridine rings is 1. The lowest BCUT2D eigenvalue weighted by molar-refractivity contribution is 0.112. The quantitative estimate of drug-likeness (QED) is 0.881. The van der Waals surface area contributed by atoms with Crippen molar-refractivity contribution in [3.05, 3.63) is 54.2 Å². The van der Waals surface area contributed by atoms with Crippen LogP contribution in [0.1, 0.15) is 44.7 Å². The molecule has 0 bridgehead atoms. The minimum atomic E-state index is 0.466. The van der Waals surface area contributed by atoms with E-state index in [0.29, 0.717) is 12.1 Å². The van der Waals surface area contributed by atoms with Crippen LogP contribution in [0.25, 0.3) is 0 Å². The number of nitrogens with zero attached hydrogens (tertiary/aromatic N) is 2. The molecule has 1 unspecified atom stereocenters. The maximum absolute atomic E-state index is 4.61. The highest BCUT2D eigenvalue weighted by Gasteiger charge is 2.27. The highest BCUT2D eigenvalue weighted by atomic mass is 15.2. The fourth-order valence-electron chi connectivity index (χ4n) is 3.36. The Balaban J connectivity index is 1.90. The summed E-state index contributed by atoms with van der Waals surface area (Å²) in [5.41, 5.74) is 2.41. The van der Waals surface area contributed by atoms with E-state index in [0.717, 1.165) is 11.5 Å². The van der Waals surface area contributed by atoms with Crippen LogP contribution >= 0.6 is 0 Å². The number of para-hydroxylation sites is 1. The molecule has 0 aliphatic carbocycles. The first kappa shape index (κ1) is 15.0. The van der Waals surface area contributed by atoms with Crippen molar-refractivity contribution in [2.24, 2.45) is 0 Å². The van der Waals surface area contributed by atoms with Crippen molar-refractivity contribution in [1.82, 2.24) is 9.88 Å². The molecule has 0 radical (unpaired) electrons. The molecule has 1 aromatic heterocycles. The highest BCUT2D eigenvalue weighted by Crippen LogP contribution is 2.36. The summed E-state index contributed by atoms with van der Waals surface area (Å²) in [6.07, 6.45) is 5.69. The normalized spacial score (nSPS) is 19.3. The van der Waals surface area contributed by atoms with Gasteiger partial charge in [-0.25, -0.2) is 4.98 Å². The zero-order valence-corrected chi connectivity index (χ0v) is 13.5. The van der Waals surface area contributed by atoms with Crippen molar-refractivity contribution in [3.8, 4) is 0 Å². The Hall–Kier alpha value is -1.87. The predicted molar refractivity (Wildman–Crippen MR) is 92.4 cm³/mol. The Labute approximate surface area is 133 Å². The van der Waals surface area contributed by atoms with E-state index in [4.69, 9.17) is 0 Å². The summed E-state index contributed by atoms with van der Waals surface area (Å²) in [5, 5.41) is 3.49. The van der Waals surface area contributed by atoms with Crippen molar-refractivity contribution in [3.63, 3.8) is 0 Å². The molecular formula is C19H25N3. The Morgan fingerprint density at radius 1 is 1.09 bits per heavy atom. The van der Waals surface area contributed by atoms with Gasteiger partial charge in [-0.05, 0) is 51.4 Å². The van der Waals surface area contributed by atoms with Crippen LogP contribution in [0.4, 0.5) is 11.5 Å². The number of anilines is 2. The topological polar surface area (TPSA) is 28.2 Å². The lowest BCUT2D eigenvalue weighted by Crippen LogP contribution is -2.38. The molecule has 0 amide bonds. The molecular weight excluding hydrogens is 270 g/mol. The van der Waals surface area contributed by atoms with Gasteiger partial charge < -0.3 is 5.32 Å². The number of hydrogen-bond donors (Lipinski definition) is 1. The standard InChI is InChI=1S/C19H25N3/c1-15(2)22-14-7-6-12-18(22)17-11-8-13-20-19(17)21-16-9-4-3-5-10-16/h3-5,8-11,13,15,18H,6-7,12,14H2,1-2H3,(H,20,21). The summed E-state index contributed by atoms with van der Waals surface area (Å²) >= 11 is 0. The third kappa shape index (κ3) is 3.30. The highest BCUT2D eigenvalue weighted by molar-refractivity contribution is 5.59. The molecule has 116 valence electrons. The fourth-order valence-corrected chi connectivity index (χ4v) is 3.36. The Morgan fingerprint density at radius 3 is 2.68 bits per heavy atom. The van der Waals surface area contributed by atoms with E-state index in [2.05, 4.69) is 53.3 Å². The van der Waals surface area contributed by atoms with Crippen LogP contribution in [0.5, 0.6) is 0 Å². The Bertz CT molecular complexity index is 595. The van der Waals surface area contributed by atoms with Crippen LogP contribution in [0.2, 0.25) is 0 Å². The van der Waals surface area contributed by atoms with Crippen molar-refractivity contribution in [2.45, 2.75) is 45.2 Å². The number of piperidine rings is 1. The minimum absolute atomic E-state index is 0.466. The summed E-state index contributed by atoms with van der Waals surface area (Å²) in [7, 11) is 0. The zero-order chi connectivity index (χ0) is 15.4. The van der Waals surface area contributed by atoms with Crippen molar-refractivity contribution < 1.29 is 0 Å². The maximum Gasteiger partial charge on any atom is 0.135 e. The number of rotatable bonds is 4. The summed E-state index contributed by atoms with van der Waals surface area (Å²) in [4.78, 5) is 7.21. The maximum atomic E-state index is 4.61. The molecule has 1 atom stereocenters. The molecule has 2 aromatic rings. The molecule has 2 heterocycles. The van der Waals surface area contributed by atoms with Gasteiger partial charge in [0.05, 0.1) is 0 Å². The fraction of sp³-hybridized carbons (Fsp3) is 0.421. The van der Waals surface area contributed by atoms with E-state index >= 15 is 0 Å². The molecule has 1 aliphatic rings. The average molecular weight is 295 g/mol. The average Bonchev–Trinajstić information content (AvgIpc) is 2.56.